The second kappa shape index (κ2) is 9.95. The fourth-order valence-electron chi connectivity index (χ4n) is 0.594. The van der Waals surface area contributed by atoms with Gasteiger partial charge in [-0.05, 0) is 6.92 Å². The molecular formula is C10H16O4. The van der Waals surface area contributed by atoms with E-state index in [0.717, 1.165) is 0 Å². The molecule has 0 aromatic heterocycles. The molecular weight excluding hydrogens is 184 g/mol. The summed E-state index contributed by atoms with van der Waals surface area (Å²) < 4.78 is 14.4. The number of carbonyl (C=O) groups excluding carboxylic acids is 1. The number of ether oxygens (including phenoxy) is 3. The Bertz CT molecular complexity index is 196. The van der Waals surface area contributed by atoms with Crippen LogP contribution in [0.5, 0.6) is 0 Å². The highest BCUT2D eigenvalue weighted by molar-refractivity contribution is 5.82. The van der Waals surface area contributed by atoms with Crippen molar-refractivity contribution >= 4 is 5.97 Å². The van der Waals surface area contributed by atoms with E-state index in [0.29, 0.717) is 13.2 Å². The zero-order chi connectivity index (χ0) is 10.6. The van der Waals surface area contributed by atoms with Crippen LogP contribution < -0.4 is 0 Å². The lowest BCUT2D eigenvalue weighted by atomic mass is 10.4. The van der Waals surface area contributed by atoms with E-state index in [1.54, 1.807) is 19.3 Å². The van der Waals surface area contributed by atoms with Gasteiger partial charge in [0.15, 0.2) is 6.79 Å². The van der Waals surface area contributed by atoms with E-state index in [4.69, 9.17) is 14.2 Å². The van der Waals surface area contributed by atoms with E-state index in [2.05, 4.69) is 0 Å². The second-order valence-electron chi connectivity index (χ2n) is 2.37. The molecule has 0 bridgehead atoms. The van der Waals surface area contributed by atoms with Crippen molar-refractivity contribution in [3.8, 4) is 0 Å². The van der Waals surface area contributed by atoms with Crippen LogP contribution in [0.1, 0.15) is 6.92 Å². The Labute approximate surface area is 84.1 Å². The van der Waals surface area contributed by atoms with Crippen molar-refractivity contribution in [1.29, 1.82) is 0 Å². The first kappa shape index (κ1) is 12.9. The van der Waals surface area contributed by atoms with E-state index >= 15 is 0 Å². The molecule has 0 aromatic rings. The van der Waals surface area contributed by atoms with Crippen molar-refractivity contribution in [1.82, 2.24) is 0 Å². The summed E-state index contributed by atoms with van der Waals surface area (Å²) in [5.41, 5.74) is 0. The molecule has 0 N–H and O–H groups in total. The molecule has 4 heteroatoms. The largest absolute Gasteiger partial charge is 0.435 e. The Hall–Kier alpha value is -1.13. The molecule has 0 rings (SSSR count). The van der Waals surface area contributed by atoms with Crippen LogP contribution in [0.4, 0.5) is 0 Å². The molecule has 14 heavy (non-hydrogen) atoms. The van der Waals surface area contributed by atoms with Gasteiger partial charge >= 0.3 is 5.97 Å². The predicted octanol–water partition coefficient (Wildman–Crippen LogP) is 1.28. The molecule has 0 saturated carbocycles. The molecule has 0 amide bonds. The normalized spacial score (nSPS) is 11.3. The molecule has 0 heterocycles. The number of allylic oxidation sites excluding steroid dienone is 3. The molecule has 0 aliphatic heterocycles. The van der Waals surface area contributed by atoms with Crippen LogP contribution in [-0.2, 0) is 19.0 Å². The SMILES string of the molecule is C/C=C/C=C/C(=O)OCOCCOC. The Balaban J connectivity index is 3.35. The molecule has 0 radical (unpaired) electrons. The number of esters is 1. The van der Waals surface area contributed by atoms with Gasteiger partial charge in [-0.25, -0.2) is 4.79 Å². The summed E-state index contributed by atoms with van der Waals surface area (Å²) in [7, 11) is 1.58. The van der Waals surface area contributed by atoms with Crippen LogP contribution in [0.2, 0.25) is 0 Å². The minimum atomic E-state index is -0.416. The van der Waals surface area contributed by atoms with Crippen LogP contribution in [0.3, 0.4) is 0 Å². The van der Waals surface area contributed by atoms with Crippen LogP contribution in [-0.4, -0.2) is 33.1 Å². The number of hydrogen-bond acceptors (Lipinski definition) is 4. The maximum absolute atomic E-state index is 10.9. The second-order valence-corrected chi connectivity index (χ2v) is 2.37. The van der Waals surface area contributed by atoms with Gasteiger partial charge < -0.3 is 14.2 Å². The van der Waals surface area contributed by atoms with Crippen molar-refractivity contribution in [3.05, 3.63) is 24.3 Å². The average molecular weight is 200 g/mol. The van der Waals surface area contributed by atoms with Gasteiger partial charge in [0.25, 0.3) is 0 Å². The molecule has 0 atom stereocenters. The maximum atomic E-state index is 10.9. The summed E-state index contributed by atoms with van der Waals surface area (Å²) in [5, 5.41) is 0. The minimum absolute atomic E-state index is 0.0393. The van der Waals surface area contributed by atoms with Crippen LogP contribution >= 0.6 is 0 Å². The molecule has 0 unspecified atom stereocenters. The first-order chi connectivity index (χ1) is 6.81. The molecule has 0 fully saturated rings. The smallest absolute Gasteiger partial charge is 0.332 e. The van der Waals surface area contributed by atoms with Crippen molar-refractivity contribution in [2.24, 2.45) is 0 Å². The lowest BCUT2D eigenvalue weighted by Crippen LogP contribution is -2.09. The fourth-order valence-corrected chi connectivity index (χ4v) is 0.594. The van der Waals surface area contributed by atoms with Gasteiger partial charge in [0.1, 0.15) is 0 Å². The van der Waals surface area contributed by atoms with E-state index < -0.39 is 5.97 Å². The summed E-state index contributed by atoms with van der Waals surface area (Å²) in [5.74, 6) is -0.416. The summed E-state index contributed by atoms with van der Waals surface area (Å²) >= 11 is 0. The van der Waals surface area contributed by atoms with Crippen molar-refractivity contribution < 1.29 is 19.0 Å². The number of carbonyl (C=O) groups is 1. The number of rotatable bonds is 7. The van der Waals surface area contributed by atoms with Crippen molar-refractivity contribution in [3.63, 3.8) is 0 Å². The highest BCUT2D eigenvalue weighted by atomic mass is 16.7. The van der Waals surface area contributed by atoms with Gasteiger partial charge in [-0.3, -0.25) is 0 Å². The average Bonchev–Trinajstić information content (AvgIpc) is 2.18. The summed E-state index contributed by atoms with van der Waals surface area (Å²) in [6, 6.07) is 0. The molecule has 4 nitrogen and oxygen atoms in total. The summed E-state index contributed by atoms with van der Waals surface area (Å²) in [6.45, 7) is 2.74. The third-order valence-corrected chi connectivity index (χ3v) is 1.25. The standard InChI is InChI=1S/C10H16O4/c1-3-4-5-6-10(11)14-9-13-8-7-12-2/h3-6H,7-9H2,1-2H3/b4-3+,6-5+. The Morgan fingerprint density at radius 3 is 2.71 bits per heavy atom. The summed E-state index contributed by atoms with van der Waals surface area (Å²) in [4.78, 5) is 10.9. The zero-order valence-electron chi connectivity index (χ0n) is 8.56. The zero-order valence-corrected chi connectivity index (χ0v) is 8.56. The van der Waals surface area contributed by atoms with Crippen LogP contribution in [0.15, 0.2) is 24.3 Å². The highest BCUT2D eigenvalue weighted by Crippen LogP contribution is 1.85. The molecule has 80 valence electrons. The molecule has 0 saturated heterocycles. The van der Waals surface area contributed by atoms with E-state index in [1.165, 1.54) is 6.08 Å². The first-order valence-corrected chi connectivity index (χ1v) is 4.34. The first-order valence-electron chi connectivity index (χ1n) is 4.34. The van der Waals surface area contributed by atoms with Crippen LogP contribution in [0.25, 0.3) is 0 Å². The molecule has 0 aliphatic rings. The quantitative estimate of drug-likeness (QED) is 0.204. The molecule has 0 aromatic carbocycles. The van der Waals surface area contributed by atoms with Gasteiger partial charge in [0.2, 0.25) is 0 Å². The maximum Gasteiger partial charge on any atom is 0.332 e. The van der Waals surface area contributed by atoms with Gasteiger partial charge in [0.05, 0.1) is 13.2 Å². The van der Waals surface area contributed by atoms with Gasteiger partial charge in [-0.15, -0.1) is 0 Å². The molecule has 0 aliphatic carbocycles. The lowest BCUT2D eigenvalue weighted by Gasteiger charge is -2.02. The van der Waals surface area contributed by atoms with Crippen molar-refractivity contribution in [2.75, 3.05) is 27.1 Å². The number of hydrogen-bond donors (Lipinski definition) is 0. The third-order valence-electron chi connectivity index (χ3n) is 1.25. The third kappa shape index (κ3) is 8.96. The topological polar surface area (TPSA) is 44.8 Å². The van der Waals surface area contributed by atoms with Gasteiger partial charge in [-0.1, -0.05) is 18.2 Å². The Kier molecular flexibility index (Phi) is 9.15. The van der Waals surface area contributed by atoms with E-state index in [-0.39, 0.29) is 6.79 Å². The van der Waals surface area contributed by atoms with E-state index in [9.17, 15) is 4.79 Å². The lowest BCUT2D eigenvalue weighted by molar-refractivity contribution is -0.151. The molecule has 0 spiro atoms. The Morgan fingerprint density at radius 2 is 2.07 bits per heavy atom. The summed E-state index contributed by atoms with van der Waals surface area (Å²) in [6.07, 6.45) is 6.50. The monoisotopic (exact) mass is 200 g/mol. The Morgan fingerprint density at radius 1 is 1.29 bits per heavy atom. The van der Waals surface area contributed by atoms with Gasteiger partial charge in [-0.2, -0.15) is 0 Å². The van der Waals surface area contributed by atoms with Crippen molar-refractivity contribution in [2.45, 2.75) is 6.92 Å². The van der Waals surface area contributed by atoms with E-state index in [1.807, 2.05) is 13.0 Å². The highest BCUT2D eigenvalue weighted by Gasteiger charge is 1.94. The number of methoxy groups -OCH3 is 1. The fraction of sp³-hybridized carbons (Fsp3) is 0.500. The van der Waals surface area contributed by atoms with Crippen LogP contribution in [0, 0.1) is 0 Å². The van der Waals surface area contributed by atoms with Gasteiger partial charge in [0, 0.05) is 13.2 Å². The predicted molar refractivity (Wildman–Crippen MR) is 52.7 cm³/mol. The minimum Gasteiger partial charge on any atom is -0.435 e.